The largest absolute Gasteiger partial charge is 0.480 e. The molecule has 2 aliphatic rings. The maximum Gasteiger partial charge on any atom is 0.321 e. The summed E-state index contributed by atoms with van der Waals surface area (Å²) in [6, 6.07) is 5.42. The van der Waals surface area contributed by atoms with Crippen LogP contribution in [0.5, 0.6) is 17.6 Å². The number of benzene rings is 1. The van der Waals surface area contributed by atoms with Crippen LogP contribution in [0.25, 0.3) is 0 Å². The van der Waals surface area contributed by atoms with Gasteiger partial charge in [-0.15, -0.1) is 10.2 Å². The molecule has 2 aromatic heterocycles. The topological polar surface area (TPSA) is 90.2 Å². The number of aryl methyl sites for hydroxylation is 1. The van der Waals surface area contributed by atoms with E-state index in [1.165, 1.54) is 12.1 Å². The summed E-state index contributed by atoms with van der Waals surface area (Å²) >= 11 is 5.82. The Balaban J connectivity index is 1.34. The molecular formula is C21H23ClFN7O2. The molecule has 0 amide bonds. The van der Waals surface area contributed by atoms with Crippen molar-refractivity contribution in [2.45, 2.75) is 18.9 Å². The van der Waals surface area contributed by atoms with Gasteiger partial charge in [0.2, 0.25) is 11.8 Å². The molecule has 0 spiro atoms. The zero-order valence-corrected chi connectivity index (χ0v) is 18.0. The predicted molar refractivity (Wildman–Crippen MR) is 117 cm³/mol. The van der Waals surface area contributed by atoms with E-state index in [1.54, 1.807) is 13.3 Å². The number of ether oxygens (including phenoxy) is 2. The molecule has 1 saturated heterocycles. The number of hydrogen-bond acceptors (Lipinski definition) is 8. The van der Waals surface area contributed by atoms with Crippen molar-refractivity contribution in [2.75, 3.05) is 30.4 Å². The SMILES string of the molecule is [2H]C([2H])([2H])n1nc(NC2[C@@H]3CC[C@H]2CN(c2cnnc(OC)c2)C3)nc1Oc1ccc(F)c(Cl)c1. The van der Waals surface area contributed by atoms with Gasteiger partial charge in [0.25, 0.3) is 0 Å². The van der Waals surface area contributed by atoms with E-state index in [1.807, 2.05) is 6.07 Å². The number of methoxy groups -OCH3 is 1. The first-order chi connectivity index (χ1) is 16.7. The lowest BCUT2D eigenvalue weighted by atomic mass is 9.92. The van der Waals surface area contributed by atoms with Crippen molar-refractivity contribution in [2.24, 2.45) is 18.8 Å². The average Bonchev–Trinajstić information content (AvgIpc) is 3.32. The fraction of sp³-hybridized carbons (Fsp3) is 0.429. The summed E-state index contributed by atoms with van der Waals surface area (Å²) in [6.45, 7) is -1.04. The standard InChI is InChI=1S/C21H23ClFN7O2/c1-29-21(32-15-5-6-17(23)16(22)8-15)26-20(28-29)25-19-12-3-4-13(19)11-30(10-12)14-7-18(31-2)27-24-9-14/h5-9,12-13,19H,3-4,10-11H2,1-2H3,(H,25,28)/t12-,13+,19?/i1D3. The molecule has 5 rings (SSSR count). The maximum absolute atomic E-state index is 13.5. The Hall–Kier alpha value is -3.14. The van der Waals surface area contributed by atoms with Crippen molar-refractivity contribution < 1.29 is 18.0 Å². The molecule has 1 aliphatic heterocycles. The molecule has 32 heavy (non-hydrogen) atoms. The molecule has 1 N–H and O–H groups in total. The zero-order chi connectivity index (χ0) is 24.7. The minimum absolute atomic E-state index is 0.0727. The van der Waals surface area contributed by atoms with Crippen molar-refractivity contribution in [3.8, 4) is 17.6 Å². The minimum atomic E-state index is -2.62. The van der Waals surface area contributed by atoms with Crippen LogP contribution in [0.2, 0.25) is 5.02 Å². The van der Waals surface area contributed by atoms with E-state index in [0.29, 0.717) is 17.7 Å². The molecule has 0 radical (unpaired) electrons. The van der Waals surface area contributed by atoms with Gasteiger partial charge in [0, 0.05) is 42.4 Å². The number of hydrogen-bond donors (Lipinski definition) is 1. The van der Waals surface area contributed by atoms with Crippen LogP contribution in [0.3, 0.4) is 0 Å². The Bertz CT molecular complexity index is 1210. The van der Waals surface area contributed by atoms with E-state index in [9.17, 15) is 4.39 Å². The summed E-state index contributed by atoms with van der Waals surface area (Å²) in [5.74, 6) is 0.759. The van der Waals surface area contributed by atoms with Crippen LogP contribution in [0.15, 0.2) is 30.5 Å². The number of nitrogens with zero attached hydrogens (tertiary/aromatic N) is 6. The fourth-order valence-corrected chi connectivity index (χ4v) is 4.67. The molecule has 1 saturated carbocycles. The van der Waals surface area contributed by atoms with Crippen molar-refractivity contribution in [1.29, 1.82) is 0 Å². The van der Waals surface area contributed by atoms with Gasteiger partial charge >= 0.3 is 6.01 Å². The fourth-order valence-electron chi connectivity index (χ4n) is 4.50. The van der Waals surface area contributed by atoms with Crippen molar-refractivity contribution in [3.05, 3.63) is 41.3 Å². The van der Waals surface area contributed by atoms with Crippen LogP contribution in [0, 0.1) is 17.7 Å². The minimum Gasteiger partial charge on any atom is -0.480 e. The smallest absolute Gasteiger partial charge is 0.321 e. The molecule has 3 aromatic rings. The summed E-state index contributed by atoms with van der Waals surface area (Å²) in [5.41, 5.74) is 0.950. The van der Waals surface area contributed by atoms with Gasteiger partial charge in [-0.05, 0) is 36.8 Å². The molecule has 1 unspecified atom stereocenters. The zero-order valence-electron chi connectivity index (χ0n) is 20.2. The predicted octanol–water partition coefficient (Wildman–Crippen LogP) is 3.53. The number of anilines is 2. The van der Waals surface area contributed by atoms with Crippen LogP contribution in [-0.2, 0) is 6.98 Å². The highest BCUT2D eigenvalue weighted by Crippen LogP contribution is 2.40. The average molecular weight is 463 g/mol. The molecule has 2 fully saturated rings. The number of fused-ring (bicyclic) bond motifs is 2. The van der Waals surface area contributed by atoms with E-state index < -0.39 is 12.8 Å². The first-order valence-corrected chi connectivity index (χ1v) is 10.6. The number of piperidine rings is 1. The molecule has 11 heteroatoms. The molecular weight excluding hydrogens is 437 g/mol. The molecule has 2 bridgehead atoms. The van der Waals surface area contributed by atoms with Crippen molar-refractivity contribution >= 4 is 23.2 Å². The van der Waals surface area contributed by atoms with E-state index >= 15 is 0 Å². The van der Waals surface area contributed by atoms with Gasteiger partial charge in [0.15, 0.2) is 0 Å². The molecule has 168 valence electrons. The lowest BCUT2D eigenvalue weighted by Crippen LogP contribution is -2.48. The van der Waals surface area contributed by atoms with E-state index in [0.717, 1.165) is 42.4 Å². The van der Waals surface area contributed by atoms with Crippen molar-refractivity contribution in [3.63, 3.8) is 0 Å². The van der Waals surface area contributed by atoms with Gasteiger partial charge in [-0.3, -0.25) is 0 Å². The van der Waals surface area contributed by atoms with E-state index in [-0.39, 0.29) is 28.8 Å². The summed E-state index contributed by atoms with van der Waals surface area (Å²) < 4.78 is 48.5. The van der Waals surface area contributed by atoms with Crippen LogP contribution in [0.1, 0.15) is 17.0 Å². The van der Waals surface area contributed by atoms with Gasteiger partial charge in [-0.1, -0.05) is 11.6 Å². The number of nitrogens with one attached hydrogen (secondary N) is 1. The van der Waals surface area contributed by atoms with Crippen molar-refractivity contribution in [1.82, 2.24) is 25.0 Å². The van der Waals surface area contributed by atoms with Gasteiger partial charge in [0.1, 0.15) is 11.6 Å². The van der Waals surface area contributed by atoms with Gasteiger partial charge < -0.3 is 19.7 Å². The van der Waals surface area contributed by atoms with Crippen LogP contribution >= 0.6 is 11.6 Å². The van der Waals surface area contributed by atoms with Crippen LogP contribution < -0.4 is 19.7 Å². The number of halogens is 2. The summed E-state index contributed by atoms with van der Waals surface area (Å²) in [7, 11) is 1.56. The molecule has 9 nitrogen and oxygen atoms in total. The first kappa shape index (κ1) is 17.4. The molecule has 1 aliphatic carbocycles. The Labute approximate surface area is 193 Å². The lowest BCUT2D eigenvalue weighted by Gasteiger charge is -2.39. The first-order valence-electron chi connectivity index (χ1n) is 11.7. The third-order valence-corrected chi connectivity index (χ3v) is 6.29. The number of rotatable bonds is 6. The van der Waals surface area contributed by atoms with Gasteiger partial charge in [-0.25, -0.2) is 9.07 Å². The quantitative estimate of drug-likeness (QED) is 0.595. The number of aromatic nitrogens is 5. The third-order valence-electron chi connectivity index (χ3n) is 6.00. The highest BCUT2D eigenvalue weighted by atomic mass is 35.5. The third kappa shape index (κ3) is 4.02. The van der Waals surface area contributed by atoms with Gasteiger partial charge in [-0.2, -0.15) is 10.1 Å². The maximum atomic E-state index is 13.5. The Morgan fingerprint density at radius 2 is 2.06 bits per heavy atom. The van der Waals surface area contributed by atoms with E-state index in [2.05, 4.69) is 30.5 Å². The summed E-state index contributed by atoms with van der Waals surface area (Å²) in [5, 5.41) is 15.3. The molecule has 3 heterocycles. The van der Waals surface area contributed by atoms with Gasteiger partial charge in [0.05, 0.1) is 24.0 Å². The normalized spacial score (nSPS) is 23.9. The van der Waals surface area contributed by atoms with E-state index in [4.69, 9.17) is 25.2 Å². The second-order valence-corrected chi connectivity index (χ2v) is 8.34. The molecule has 1 aromatic carbocycles. The Kier molecular flexibility index (Phi) is 4.58. The Morgan fingerprint density at radius 3 is 2.78 bits per heavy atom. The molecule has 3 atom stereocenters. The highest BCUT2D eigenvalue weighted by molar-refractivity contribution is 6.30. The Morgan fingerprint density at radius 1 is 1.25 bits per heavy atom. The highest BCUT2D eigenvalue weighted by Gasteiger charge is 2.42. The summed E-state index contributed by atoms with van der Waals surface area (Å²) in [4.78, 5) is 6.55. The second kappa shape index (κ2) is 8.42. The second-order valence-electron chi connectivity index (χ2n) is 7.94. The van der Waals surface area contributed by atoms with Crippen LogP contribution in [0.4, 0.5) is 16.0 Å². The lowest BCUT2D eigenvalue weighted by molar-refractivity contribution is 0.373. The van der Waals surface area contributed by atoms with Crippen LogP contribution in [-0.4, -0.2) is 51.2 Å². The monoisotopic (exact) mass is 462 g/mol. The summed E-state index contributed by atoms with van der Waals surface area (Å²) in [6.07, 6.45) is 3.76.